The third-order valence-electron chi connectivity index (χ3n) is 14.7. The van der Waals surface area contributed by atoms with Gasteiger partial charge < -0.3 is 19.8 Å². The fourth-order valence-electron chi connectivity index (χ4n) is 11.2. The molecular weight excluding hydrogens is 767 g/mol. The Morgan fingerprint density at radius 2 is 1.26 bits per heavy atom. The van der Waals surface area contributed by atoms with Gasteiger partial charge in [-0.05, 0) is 86.9 Å². The lowest BCUT2D eigenvalue weighted by molar-refractivity contribution is 0.100. The summed E-state index contributed by atoms with van der Waals surface area (Å²) in [5.74, 6) is 0.967. The van der Waals surface area contributed by atoms with Crippen LogP contribution in [0.1, 0.15) is 128 Å². The zero-order valence-electron chi connectivity index (χ0n) is 34.4. The van der Waals surface area contributed by atoms with Crippen LogP contribution in [0.15, 0.2) is 36.4 Å². The smallest absolute Gasteiger partial charge is 0.291 e. The molecule has 12 heteroatoms. The Morgan fingerprint density at radius 3 is 1.76 bits per heavy atom. The minimum atomic E-state index is -0.312. The van der Waals surface area contributed by atoms with Gasteiger partial charge in [-0.15, -0.1) is 0 Å². The number of imidazole rings is 2. The van der Waals surface area contributed by atoms with E-state index in [9.17, 15) is 9.59 Å². The first kappa shape index (κ1) is 39.7. The highest BCUT2D eigenvalue weighted by Gasteiger charge is 2.51. The van der Waals surface area contributed by atoms with E-state index in [0.717, 1.165) is 80.8 Å². The number of aromatic nitrogens is 4. The summed E-state index contributed by atoms with van der Waals surface area (Å²) in [4.78, 5) is 42.3. The zero-order valence-corrected chi connectivity index (χ0v) is 36.0. The van der Waals surface area contributed by atoms with Crippen molar-refractivity contribution in [3.63, 3.8) is 0 Å². The van der Waals surface area contributed by atoms with Crippen LogP contribution in [0.25, 0.3) is 11.1 Å². The predicted molar refractivity (Wildman–Crippen MR) is 232 cm³/mol. The lowest BCUT2D eigenvalue weighted by Crippen LogP contribution is -2.34. The van der Waals surface area contributed by atoms with Gasteiger partial charge in [-0.25, -0.2) is 9.97 Å². The van der Waals surface area contributed by atoms with Crippen LogP contribution < -0.4 is 10.6 Å². The summed E-state index contributed by atoms with van der Waals surface area (Å²) in [7, 11) is 3.85. The number of hydrogen-bond donors (Lipinski definition) is 2. The minimum absolute atomic E-state index is 0.310. The molecule has 9 rings (SSSR count). The van der Waals surface area contributed by atoms with Gasteiger partial charge in [0, 0.05) is 75.6 Å². The summed E-state index contributed by atoms with van der Waals surface area (Å²) < 4.78 is 3.87. The molecule has 0 spiro atoms. The van der Waals surface area contributed by atoms with E-state index in [1.54, 1.807) is 12.1 Å². The molecule has 4 aromatic rings. The molecule has 2 aromatic heterocycles. The number of nitrogens with zero attached hydrogens (tertiary/aromatic N) is 6. The van der Waals surface area contributed by atoms with Crippen molar-refractivity contribution in [3.8, 4) is 11.1 Å². The molecule has 308 valence electrons. The first-order valence-corrected chi connectivity index (χ1v) is 22.5. The molecular formula is C46H58Cl2N8O2. The predicted octanol–water partition coefficient (Wildman–Crippen LogP) is 9.68. The highest BCUT2D eigenvalue weighted by Crippen LogP contribution is 2.62. The van der Waals surface area contributed by atoms with E-state index in [1.165, 1.54) is 77.0 Å². The number of amides is 2. The van der Waals surface area contributed by atoms with Crippen LogP contribution in [0.3, 0.4) is 0 Å². The second-order valence-corrected chi connectivity index (χ2v) is 19.4. The second-order valence-electron chi connectivity index (χ2n) is 18.6. The number of hydrogen-bond acceptors (Lipinski definition) is 6. The largest absolute Gasteiger partial charge is 0.327 e. The Bertz CT molecular complexity index is 2210. The number of anilines is 2. The number of benzene rings is 2. The monoisotopic (exact) mass is 824 g/mol. The summed E-state index contributed by atoms with van der Waals surface area (Å²) in [5, 5.41) is 6.76. The summed E-state index contributed by atoms with van der Waals surface area (Å²) in [6, 6.07) is 11.0. The summed E-state index contributed by atoms with van der Waals surface area (Å²) in [6.45, 7) is 8.16. The molecule has 5 aliphatic rings. The van der Waals surface area contributed by atoms with Gasteiger partial charge in [-0.1, -0.05) is 86.5 Å². The van der Waals surface area contributed by atoms with Crippen molar-refractivity contribution in [3.05, 3.63) is 80.9 Å². The van der Waals surface area contributed by atoms with E-state index < -0.39 is 0 Å². The first-order chi connectivity index (χ1) is 28.0. The Labute approximate surface area is 353 Å². The molecule has 58 heavy (non-hydrogen) atoms. The maximum absolute atomic E-state index is 13.8. The second kappa shape index (κ2) is 16.1. The van der Waals surface area contributed by atoms with Gasteiger partial charge in [0.25, 0.3) is 11.8 Å². The lowest BCUT2D eigenvalue weighted by Gasteiger charge is -2.32. The molecule has 3 aliphatic carbocycles. The van der Waals surface area contributed by atoms with Crippen molar-refractivity contribution in [2.24, 2.45) is 30.8 Å². The SMILES string of the molecule is Cn1c(C(=O)Nc2cccc(-c3cccc(NC(=O)c4nc5c(n4C)CCN(CCC46CCC(C)(CC4)C6)C5)c3Cl)c2Cl)nc2c1CCN(CCC1CCCCC1)C2. The molecule has 3 saturated carbocycles. The molecule has 4 heterocycles. The Morgan fingerprint density at radius 1 is 0.741 bits per heavy atom. The summed E-state index contributed by atoms with van der Waals surface area (Å²) >= 11 is 14.1. The fourth-order valence-corrected chi connectivity index (χ4v) is 11.7. The summed E-state index contributed by atoms with van der Waals surface area (Å²) in [6.07, 6.45) is 18.0. The zero-order chi connectivity index (χ0) is 40.2. The fraction of sp³-hybridized carbons (Fsp3) is 0.565. The van der Waals surface area contributed by atoms with Crippen molar-refractivity contribution in [1.82, 2.24) is 28.9 Å². The van der Waals surface area contributed by atoms with E-state index in [2.05, 4.69) is 27.4 Å². The maximum atomic E-state index is 13.8. The van der Waals surface area contributed by atoms with Crippen LogP contribution in [0.4, 0.5) is 11.4 Å². The normalized spacial score (nSPS) is 23.5. The number of nitrogens with one attached hydrogen (secondary N) is 2. The van der Waals surface area contributed by atoms with Crippen molar-refractivity contribution in [2.75, 3.05) is 36.8 Å². The summed E-state index contributed by atoms with van der Waals surface area (Å²) in [5.41, 5.74) is 7.52. The molecule has 2 aliphatic heterocycles. The van der Waals surface area contributed by atoms with Crippen molar-refractivity contribution < 1.29 is 9.59 Å². The van der Waals surface area contributed by atoms with Crippen LogP contribution >= 0.6 is 23.2 Å². The van der Waals surface area contributed by atoms with E-state index in [0.29, 0.717) is 55.0 Å². The Kier molecular flexibility index (Phi) is 11.0. The first-order valence-electron chi connectivity index (χ1n) is 21.7. The van der Waals surface area contributed by atoms with E-state index in [-0.39, 0.29) is 11.8 Å². The standard InChI is InChI=1S/C46H58Cl2N8O2/c1-45-18-20-46(29-45,21-19-45)22-26-56-25-17-38-36(28-56)50-42(54(38)3)44(58)52-34-14-8-12-32(40(34)48)31-11-7-13-33(39(31)47)51-43(57)41-49-35-27-55(24-16-37(35)53(41)2)23-15-30-9-5-4-6-10-30/h7-8,11-14,30H,4-6,9-10,15-29H2,1-3H3,(H,51,57)(H,52,58). The van der Waals surface area contributed by atoms with Gasteiger partial charge in [0.1, 0.15) is 0 Å². The molecule has 3 fully saturated rings. The van der Waals surface area contributed by atoms with Gasteiger partial charge in [-0.3, -0.25) is 19.4 Å². The molecule has 0 unspecified atom stereocenters. The molecule has 0 saturated heterocycles. The third-order valence-corrected chi connectivity index (χ3v) is 15.5. The van der Waals surface area contributed by atoms with Crippen molar-refractivity contribution in [1.29, 1.82) is 0 Å². The maximum Gasteiger partial charge on any atom is 0.291 e. The average Bonchev–Trinajstić information content (AvgIpc) is 3.96. The van der Waals surface area contributed by atoms with Crippen LogP contribution in [-0.4, -0.2) is 66.9 Å². The number of carbonyl (C=O) groups is 2. The number of fused-ring (bicyclic) bond motifs is 4. The lowest BCUT2D eigenvalue weighted by atomic mass is 9.80. The molecule has 2 bridgehead atoms. The Hall–Kier alpha value is -3.70. The number of rotatable bonds is 11. The third kappa shape index (κ3) is 7.75. The van der Waals surface area contributed by atoms with Crippen molar-refractivity contribution in [2.45, 2.75) is 110 Å². The molecule has 2 aromatic carbocycles. The topological polar surface area (TPSA) is 100 Å². The van der Waals surface area contributed by atoms with Gasteiger partial charge in [0.2, 0.25) is 0 Å². The molecule has 10 nitrogen and oxygen atoms in total. The van der Waals surface area contributed by atoms with Crippen LogP contribution in [0.2, 0.25) is 10.0 Å². The average molecular weight is 826 g/mol. The molecule has 2 amide bonds. The number of carbonyl (C=O) groups excluding carboxylic acids is 2. The molecule has 0 radical (unpaired) electrons. The minimum Gasteiger partial charge on any atom is -0.327 e. The van der Waals surface area contributed by atoms with Crippen molar-refractivity contribution >= 4 is 46.4 Å². The van der Waals surface area contributed by atoms with E-state index in [4.69, 9.17) is 33.2 Å². The van der Waals surface area contributed by atoms with Crippen LogP contribution in [-0.2, 0) is 40.0 Å². The highest BCUT2D eigenvalue weighted by atomic mass is 35.5. The number of halogens is 2. The van der Waals surface area contributed by atoms with Crippen LogP contribution in [0, 0.1) is 16.7 Å². The van der Waals surface area contributed by atoms with E-state index >= 15 is 0 Å². The molecule has 0 atom stereocenters. The van der Waals surface area contributed by atoms with E-state index in [1.807, 2.05) is 47.5 Å². The molecule has 2 N–H and O–H groups in total. The van der Waals surface area contributed by atoms with Gasteiger partial charge >= 0.3 is 0 Å². The Balaban J connectivity index is 0.851. The van der Waals surface area contributed by atoms with Crippen LogP contribution in [0.5, 0.6) is 0 Å². The van der Waals surface area contributed by atoms with Gasteiger partial charge in [0.15, 0.2) is 11.6 Å². The van der Waals surface area contributed by atoms with Gasteiger partial charge in [-0.2, -0.15) is 0 Å². The van der Waals surface area contributed by atoms with Gasteiger partial charge in [0.05, 0.1) is 32.8 Å². The quantitative estimate of drug-likeness (QED) is 0.156. The highest BCUT2D eigenvalue weighted by molar-refractivity contribution is 6.40.